The summed E-state index contributed by atoms with van der Waals surface area (Å²) < 4.78 is 5.34. The number of aliphatic imine (C=N–C) groups is 1. The van der Waals surface area contributed by atoms with Gasteiger partial charge in [0.1, 0.15) is 5.92 Å². The first-order valence-corrected chi connectivity index (χ1v) is 7.98. The Bertz CT molecular complexity index is 713. The van der Waals surface area contributed by atoms with Gasteiger partial charge in [-0.3, -0.25) is 9.79 Å². The number of benzene rings is 1. The monoisotopic (exact) mass is 329 g/mol. The van der Waals surface area contributed by atoms with Crippen molar-refractivity contribution in [1.82, 2.24) is 0 Å². The van der Waals surface area contributed by atoms with Gasteiger partial charge in [0.15, 0.2) is 0 Å². The predicted molar refractivity (Wildman–Crippen MR) is 92.1 cm³/mol. The molecule has 0 amide bonds. The summed E-state index contributed by atoms with van der Waals surface area (Å²) in [4.78, 5) is 28.8. The number of allylic oxidation sites excluding steroid dienone is 1. The van der Waals surface area contributed by atoms with Gasteiger partial charge < -0.3 is 9.84 Å². The molecule has 1 heterocycles. The van der Waals surface area contributed by atoms with Gasteiger partial charge in [-0.15, -0.1) is 0 Å². The van der Waals surface area contributed by atoms with Gasteiger partial charge in [-0.25, -0.2) is 4.79 Å². The van der Waals surface area contributed by atoms with Crippen LogP contribution in [-0.4, -0.2) is 28.9 Å². The van der Waals surface area contributed by atoms with Crippen LogP contribution in [0.25, 0.3) is 0 Å². The van der Waals surface area contributed by atoms with E-state index in [0.717, 1.165) is 11.1 Å². The maximum atomic E-state index is 12.6. The number of rotatable bonds is 4. The lowest BCUT2D eigenvalue weighted by atomic mass is 9.75. The van der Waals surface area contributed by atoms with Crippen LogP contribution in [0.4, 0.5) is 0 Å². The first kappa shape index (κ1) is 17.9. The molecule has 5 heteroatoms. The minimum atomic E-state index is -0.996. The van der Waals surface area contributed by atoms with Crippen LogP contribution in [0.3, 0.4) is 0 Å². The molecule has 0 fully saturated rings. The van der Waals surface area contributed by atoms with Crippen molar-refractivity contribution in [3.05, 3.63) is 46.7 Å². The van der Waals surface area contributed by atoms with Crippen LogP contribution in [0, 0.1) is 12.8 Å². The number of carbonyl (C=O) groups excluding carboxylic acids is 1. The molecule has 1 N–H and O–H groups in total. The van der Waals surface area contributed by atoms with Crippen molar-refractivity contribution in [3.63, 3.8) is 0 Å². The van der Waals surface area contributed by atoms with E-state index in [1.54, 1.807) is 27.7 Å². The highest BCUT2D eigenvalue weighted by atomic mass is 16.5. The van der Waals surface area contributed by atoms with Gasteiger partial charge in [0.05, 0.1) is 11.7 Å². The number of esters is 1. The Morgan fingerprint density at radius 2 is 1.71 bits per heavy atom. The van der Waals surface area contributed by atoms with E-state index in [-0.39, 0.29) is 6.10 Å². The van der Waals surface area contributed by atoms with Gasteiger partial charge in [0, 0.05) is 17.3 Å². The van der Waals surface area contributed by atoms with Crippen LogP contribution >= 0.6 is 0 Å². The number of carbonyl (C=O) groups is 2. The second-order valence-corrected chi connectivity index (χ2v) is 6.41. The van der Waals surface area contributed by atoms with E-state index >= 15 is 0 Å². The third-order valence-electron chi connectivity index (χ3n) is 4.09. The number of carboxylic acid groups (broad SMARTS) is 1. The fourth-order valence-corrected chi connectivity index (χ4v) is 3.03. The molecule has 128 valence electrons. The van der Waals surface area contributed by atoms with Crippen molar-refractivity contribution in [2.75, 3.05) is 0 Å². The number of ether oxygens (including phenoxy) is 1. The maximum Gasteiger partial charge on any atom is 0.336 e. The summed E-state index contributed by atoms with van der Waals surface area (Å²) >= 11 is 0. The average molecular weight is 329 g/mol. The van der Waals surface area contributed by atoms with Crippen LogP contribution in [0.5, 0.6) is 0 Å². The SMILES string of the molecule is CC1=NC(C)=C(C(=O)OC(C)C)C(c2ccc(C)cc2)C1C(=O)O. The summed E-state index contributed by atoms with van der Waals surface area (Å²) in [5.74, 6) is -2.99. The summed E-state index contributed by atoms with van der Waals surface area (Å²) in [5.41, 5.74) is 3.18. The number of carboxylic acids is 1. The Kier molecular flexibility index (Phi) is 5.22. The van der Waals surface area contributed by atoms with Crippen LogP contribution in [0.1, 0.15) is 44.7 Å². The number of hydrogen-bond acceptors (Lipinski definition) is 4. The largest absolute Gasteiger partial charge is 0.481 e. The van der Waals surface area contributed by atoms with Crippen molar-refractivity contribution in [3.8, 4) is 0 Å². The van der Waals surface area contributed by atoms with Crippen molar-refractivity contribution in [2.24, 2.45) is 10.9 Å². The molecule has 1 aromatic rings. The fraction of sp³-hybridized carbons (Fsp3) is 0.421. The zero-order valence-corrected chi connectivity index (χ0v) is 14.7. The van der Waals surface area contributed by atoms with Crippen molar-refractivity contribution in [1.29, 1.82) is 0 Å². The van der Waals surface area contributed by atoms with E-state index in [4.69, 9.17) is 4.74 Å². The molecule has 0 aliphatic carbocycles. The van der Waals surface area contributed by atoms with Crippen LogP contribution < -0.4 is 0 Å². The van der Waals surface area contributed by atoms with Gasteiger partial charge >= 0.3 is 11.9 Å². The number of aliphatic carboxylic acids is 1. The Labute approximate surface area is 142 Å². The van der Waals surface area contributed by atoms with Crippen molar-refractivity contribution < 1.29 is 19.4 Å². The molecule has 0 aromatic heterocycles. The number of nitrogens with zero attached hydrogens (tertiary/aromatic N) is 1. The Balaban J connectivity index is 2.60. The molecule has 1 aromatic carbocycles. The zero-order valence-electron chi connectivity index (χ0n) is 14.7. The van der Waals surface area contributed by atoms with Crippen LogP contribution in [0.2, 0.25) is 0 Å². The molecule has 24 heavy (non-hydrogen) atoms. The van der Waals surface area contributed by atoms with E-state index in [9.17, 15) is 14.7 Å². The molecule has 0 saturated carbocycles. The number of hydrogen-bond donors (Lipinski definition) is 1. The molecule has 0 spiro atoms. The molecule has 2 unspecified atom stereocenters. The lowest BCUT2D eigenvalue weighted by Crippen LogP contribution is -2.35. The van der Waals surface area contributed by atoms with E-state index in [1.165, 1.54) is 0 Å². The number of aryl methyl sites for hydroxylation is 1. The normalized spacial score (nSPS) is 20.8. The smallest absolute Gasteiger partial charge is 0.336 e. The third-order valence-corrected chi connectivity index (χ3v) is 4.09. The summed E-state index contributed by atoms with van der Waals surface area (Å²) in [7, 11) is 0. The Morgan fingerprint density at radius 3 is 2.21 bits per heavy atom. The van der Waals surface area contributed by atoms with Crippen LogP contribution in [0.15, 0.2) is 40.5 Å². The highest BCUT2D eigenvalue weighted by Crippen LogP contribution is 2.39. The molecular formula is C19H23NO4. The standard InChI is InChI=1S/C19H23NO4/c1-10(2)24-19(23)16-13(5)20-12(4)15(18(21)22)17(16)14-8-6-11(3)7-9-14/h6-10,15,17H,1-5H3,(H,21,22). The summed E-state index contributed by atoms with van der Waals surface area (Å²) in [5, 5.41) is 9.71. The fourth-order valence-electron chi connectivity index (χ4n) is 3.03. The quantitative estimate of drug-likeness (QED) is 0.858. The molecule has 5 nitrogen and oxygen atoms in total. The molecule has 2 atom stereocenters. The second kappa shape index (κ2) is 6.99. The van der Waals surface area contributed by atoms with Crippen molar-refractivity contribution in [2.45, 2.75) is 46.6 Å². The first-order valence-electron chi connectivity index (χ1n) is 7.98. The lowest BCUT2D eigenvalue weighted by molar-refractivity contribution is -0.143. The lowest BCUT2D eigenvalue weighted by Gasteiger charge is -2.30. The van der Waals surface area contributed by atoms with Gasteiger partial charge in [-0.1, -0.05) is 29.8 Å². The van der Waals surface area contributed by atoms with E-state index in [0.29, 0.717) is 17.0 Å². The summed E-state index contributed by atoms with van der Waals surface area (Å²) in [6, 6.07) is 7.56. The molecule has 1 aliphatic rings. The van der Waals surface area contributed by atoms with Gasteiger partial charge in [-0.2, -0.15) is 0 Å². The summed E-state index contributed by atoms with van der Waals surface area (Å²) in [6.45, 7) is 8.90. The summed E-state index contributed by atoms with van der Waals surface area (Å²) in [6.07, 6.45) is -0.285. The molecule has 0 saturated heterocycles. The Morgan fingerprint density at radius 1 is 1.12 bits per heavy atom. The zero-order chi connectivity index (χ0) is 18.0. The molecule has 0 bridgehead atoms. The van der Waals surface area contributed by atoms with E-state index < -0.39 is 23.8 Å². The molecule has 1 aliphatic heterocycles. The van der Waals surface area contributed by atoms with E-state index in [2.05, 4.69) is 4.99 Å². The molecule has 2 rings (SSSR count). The van der Waals surface area contributed by atoms with Crippen LogP contribution in [-0.2, 0) is 14.3 Å². The van der Waals surface area contributed by atoms with Gasteiger partial charge in [-0.05, 0) is 40.2 Å². The maximum absolute atomic E-state index is 12.6. The van der Waals surface area contributed by atoms with E-state index in [1.807, 2.05) is 31.2 Å². The average Bonchev–Trinajstić information content (AvgIpc) is 2.45. The van der Waals surface area contributed by atoms with Crippen molar-refractivity contribution >= 4 is 17.7 Å². The first-order chi connectivity index (χ1) is 11.2. The second-order valence-electron chi connectivity index (χ2n) is 6.41. The highest BCUT2D eigenvalue weighted by Gasteiger charge is 2.41. The predicted octanol–water partition coefficient (Wildman–Crippen LogP) is 3.48. The highest BCUT2D eigenvalue weighted by molar-refractivity contribution is 6.06. The van der Waals surface area contributed by atoms with Gasteiger partial charge in [0.2, 0.25) is 0 Å². The Hall–Kier alpha value is -2.43. The topological polar surface area (TPSA) is 76.0 Å². The van der Waals surface area contributed by atoms with Gasteiger partial charge in [0.25, 0.3) is 0 Å². The molecular weight excluding hydrogens is 306 g/mol. The minimum Gasteiger partial charge on any atom is -0.481 e. The third kappa shape index (κ3) is 3.55. The molecule has 0 radical (unpaired) electrons. The minimum absolute atomic E-state index is 0.285.